The summed E-state index contributed by atoms with van der Waals surface area (Å²) in [5.41, 5.74) is 9.96. The van der Waals surface area contributed by atoms with Crippen LogP contribution in [0.4, 0.5) is 17.5 Å². The van der Waals surface area contributed by atoms with Gasteiger partial charge in [-0.25, -0.2) is 4.98 Å². The molecule has 0 radical (unpaired) electrons. The van der Waals surface area contributed by atoms with Gasteiger partial charge in [-0.05, 0) is 29.3 Å². The Bertz CT molecular complexity index is 1470. The van der Waals surface area contributed by atoms with Crippen molar-refractivity contribution in [2.75, 3.05) is 24.3 Å². The number of halogens is 2. The summed E-state index contributed by atoms with van der Waals surface area (Å²) >= 11 is 12.2. The molecule has 0 unspecified atom stereocenters. The van der Waals surface area contributed by atoms with Crippen molar-refractivity contribution in [1.29, 1.82) is 0 Å². The summed E-state index contributed by atoms with van der Waals surface area (Å²) < 4.78 is 19.9. The zero-order valence-electron chi connectivity index (χ0n) is 21.5. The molecule has 0 spiro atoms. The van der Waals surface area contributed by atoms with E-state index in [0.29, 0.717) is 53.3 Å². The Hall–Kier alpha value is -3.73. The van der Waals surface area contributed by atoms with Crippen molar-refractivity contribution in [3.05, 3.63) is 106 Å². The molecule has 0 saturated heterocycles. The number of benzene rings is 3. The van der Waals surface area contributed by atoms with E-state index >= 15 is 0 Å². The van der Waals surface area contributed by atoms with Gasteiger partial charge in [-0.2, -0.15) is 9.97 Å². The standard InChI is InChI=1S/C29H28Cl2N6O3/c30-22-11-23(31)13-24(12-22)34-29-35-27(32)26-28(36-29)37(18-33-26)19-40-25(16-38-14-20-7-3-1-4-8-20)17-39-15-21-9-5-2-6-10-21/h1-13,18,25H,14-17,19H2,(H3,32,34,35,36). The van der Waals surface area contributed by atoms with E-state index in [0.717, 1.165) is 11.1 Å². The predicted molar refractivity (Wildman–Crippen MR) is 157 cm³/mol. The van der Waals surface area contributed by atoms with Crippen molar-refractivity contribution in [2.24, 2.45) is 0 Å². The first-order chi connectivity index (χ1) is 19.5. The zero-order chi connectivity index (χ0) is 27.7. The highest BCUT2D eigenvalue weighted by Gasteiger charge is 2.15. The largest absolute Gasteiger partial charge is 0.382 e. The lowest BCUT2D eigenvalue weighted by atomic mass is 10.2. The number of nitrogen functional groups attached to an aromatic ring is 1. The molecule has 0 aliphatic carbocycles. The first-order valence-electron chi connectivity index (χ1n) is 12.6. The van der Waals surface area contributed by atoms with E-state index in [1.165, 1.54) is 0 Å². The molecule has 2 aromatic heterocycles. The Kier molecular flexibility index (Phi) is 9.43. The van der Waals surface area contributed by atoms with Gasteiger partial charge in [-0.3, -0.25) is 4.57 Å². The van der Waals surface area contributed by atoms with Crippen LogP contribution in [0, 0.1) is 0 Å². The molecule has 5 rings (SSSR count). The average molecular weight is 579 g/mol. The van der Waals surface area contributed by atoms with Crippen molar-refractivity contribution in [3.8, 4) is 0 Å². The van der Waals surface area contributed by atoms with Crippen LogP contribution in [0.5, 0.6) is 0 Å². The maximum absolute atomic E-state index is 6.22. The highest BCUT2D eigenvalue weighted by Crippen LogP contribution is 2.26. The average Bonchev–Trinajstić information content (AvgIpc) is 3.35. The van der Waals surface area contributed by atoms with Gasteiger partial charge in [-0.15, -0.1) is 0 Å². The van der Waals surface area contributed by atoms with Crippen LogP contribution in [-0.2, 0) is 34.2 Å². The highest BCUT2D eigenvalue weighted by molar-refractivity contribution is 6.35. The van der Waals surface area contributed by atoms with Crippen LogP contribution in [0.15, 0.2) is 85.2 Å². The molecule has 0 saturated carbocycles. The fourth-order valence-electron chi connectivity index (χ4n) is 3.97. The van der Waals surface area contributed by atoms with E-state index in [4.69, 9.17) is 43.1 Å². The minimum Gasteiger partial charge on any atom is -0.382 e. The number of hydrogen-bond acceptors (Lipinski definition) is 8. The molecule has 40 heavy (non-hydrogen) atoms. The van der Waals surface area contributed by atoms with Crippen molar-refractivity contribution in [1.82, 2.24) is 19.5 Å². The highest BCUT2D eigenvalue weighted by atomic mass is 35.5. The number of imidazole rings is 1. The van der Waals surface area contributed by atoms with Crippen LogP contribution in [0.2, 0.25) is 10.0 Å². The Balaban J connectivity index is 1.26. The number of hydrogen-bond donors (Lipinski definition) is 2. The summed E-state index contributed by atoms with van der Waals surface area (Å²) in [6, 6.07) is 25.0. The van der Waals surface area contributed by atoms with E-state index in [1.54, 1.807) is 29.1 Å². The summed E-state index contributed by atoms with van der Waals surface area (Å²) in [4.78, 5) is 13.3. The van der Waals surface area contributed by atoms with E-state index < -0.39 is 0 Å². The minimum atomic E-state index is -0.338. The van der Waals surface area contributed by atoms with Crippen molar-refractivity contribution in [3.63, 3.8) is 0 Å². The van der Waals surface area contributed by atoms with Gasteiger partial charge >= 0.3 is 0 Å². The van der Waals surface area contributed by atoms with Gasteiger partial charge in [0.05, 0.1) is 32.8 Å². The molecule has 3 aromatic carbocycles. The van der Waals surface area contributed by atoms with Crippen LogP contribution < -0.4 is 11.1 Å². The zero-order valence-corrected chi connectivity index (χ0v) is 23.1. The molecular weight excluding hydrogens is 551 g/mol. The molecule has 0 fully saturated rings. The normalized spacial score (nSPS) is 11.4. The quantitative estimate of drug-likeness (QED) is 0.169. The Labute approximate surface area is 241 Å². The fraction of sp³-hybridized carbons (Fsp3) is 0.207. The Morgan fingerprint density at radius 2 is 1.43 bits per heavy atom. The number of rotatable bonds is 13. The van der Waals surface area contributed by atoms with Crippen LogP contribution in [-0.4, -0.2) is 38.8 Å². The molecule has 9 nitrogen and oxygen atoms in total. The molecule has 0 bridgehead atoms. The third-order valence-corrected chi connectivity index (χ3v) is 6.33. The van der Waals surface area contributed by atoms with E-state index in [-0.39, 0.29) is 24.6 Å². The molecular formula is C29H28Cl2N6O3. The molecule has 11 heteroatoms. The number of ether oxygens (including phenoxy) is 3. The van der Waals surface area contributed by atoms with E-state index in [1.807, 2.05) is 60.7 Å². The van der Waals surface area contributed by atoms with Gasteiger partial charge in [0.15, 0.2) is 11.5 Å². The maximum Gasteiger partial charge on any atom is 0.231 e. The minimum absolute atomic E-state index is 0.156. The molecule has 3 N–H and O–H groups in total. The second-order valence-corrected chi connectivity index (χ2v) is 9.89. The lowest BCUT2D eigenvalue weighted by Gasteiger charge is -2.19. The maximum atomic E-state index is 6.22. The molecule has 0 aliphatic heterocycles. The third kappa shape index (κ3) is 7.68. The van der Waals surface area contributed by atoms with Crippen LogP contribution in [0.25, 0.3) is 11.2 Å². The SMILES string of the molecule is Nc1nc(Nc2cc(Cl)cc(Cl)c2)nc2c1ncn2COC(COCc1ccccc1)COCc1ccccc1. The van der Waals surface area contributed by atoms with Gasteiger partial charge in [0.1, 0.15) is 18.4 Å². The lowest BCUT2D eigenvalue weighted by molar-refractivity contribution is -0.0866. The third-order valence-electron chi connectivity index (χ3n) is 5.89. The van der Waals surface area contributed by atoms with Crippen molar-refractivity contribution >= 4 is 51.8 Å². The summed E-state index contributed by atoms with van der Waals surface area (Å²) in [6.07, 6.45) is 1.28. The van der Waals surface area contributed by atoms with Gasteiger partial charge in [0.2, 0.25) is 5.95 Å². The van der Waals surface area contributed by atoms with Crippen molar-refractivity contribution < 1.29 is 14.2 Å². The smallest absolute Gasteiger partial charge is 0.231 e. The predicted octanol–water partition coefficient (Wildman–Crippen LogP) is 6.24. The molecule has 2 heterocycles. The number of nitrogens with zero attached hydrogens (tertiary/aromatic N) is 4. The summed E-state index contributed by atoms with van der Waals surface area (Å²) in [5.74, 6) is 0.507. The lowest BCUT2D eigenvalue weighted by Crippen LogP contribution is -2.27. The first-order valence-corrected chi connectivity index (χ1v) is 13.4. The number of fused-ring (bicyclic) bond motifs is 1. The number of anilines is 3. The van der Waals surface area contributed by atoms with Crippen LogP contribution >= 0.6 is 23.2 Å². The molecule has 0 atom stereocenters. The van der Waals surface area contributed by atoms with E-state index in [9.17, 15) is 0 Å². The monoisotopic (exact) mass is 578 g/mol. The second kappa shape index (κ2) is 13.6. The fourth-order valence-corrected chi connectivity index (χ4v) is 4.49. The van der Waals surface area contributed by atoms with Gasteiger partial charge in [0, 0.05) is 15.7 Å². The van der Waals surface area contributed by atoms with E-state index in [2.05, 4.69) is 20.3 Å². The van der Waals surface area contributed by atoms with Gasteiger partial charge in [0.25, 0.3) is 0 Å². The molecule has 5 aromatic rings. The summed E-state index contributed by atoms with van der Waals surface area (Å²) in [5, 5.41) is 4.06. The molecule has 206 valence electrons. The second-order valence-electron chi connectivity index (χ2n) is 9.02. The van der Waals surface area contributed by atoms with Crippen LogP contribution in [0.3, 0.4) is 0 Å². The molecule has 0 amide bonds. The van der Waals surface area contributed by atoms with Gasteiger partial charge in [-0.1, -0.05) is 83.9 Å². The summed E-state index contributed by atoms with van der Waals surface area (Å²) in [7, 11) is 0. The van der Waals surface area contributed by atoms with Crippen LogP contribution in [0.1, 0.15) is 11.1 Å². The molecule has 0 aliphatic rings. The topological polar surface area (TPSA) is 109 Å². The summed E-state index contributed by atoms with van der Waals surface area (Å²) in [6.45, 7) is 1.79. The first kappa shape index (κ1) is 27.8. The number of nitrogens with one attached hydrogen (secondary N) is 1. The Morgan fingerprint density at radius 3 is 2.02 bits per heavy atom. The Morgan fingerprint density at radius 1 is 0.825 bits per heavy atom. The number of aromatic nitrogens is 4. The van der Waals surface area contributed by atoms with Crippen molar-refractivity contribution in [2.45, 2.75) is 26.0 Å². The number of nitrogens with two attached hydrogens (primary N) is 1. The van der Waals surface area contributed by atoms with Gasteiger partial charge < -0.3 is 25.3 Å².